The summed E-state index contributed by atoms with van der Waals surface area (Å²) in [4.78, 5) is 3.94. The molecule has 0 saturated carbocycles. The van der Waals surface area contributed by atoms with Gasteiger partial charge in [-0.1, -0.05) is 0 Å². The molecule has 11 heavy (non-hydrogen) atoms. The van der Waals surface area contributed by atoms with Gasteiger partial charge in [0, 0.05) is 6.20 Å². The second kappa shape index (κ2) is 2.13. The Balaban J connectivity index is 2.61. The minimum atomic E-state index is 0.362. The minimum Gasteiger partial charge on any atom is -0.432 e. The van der Waals surface area contributed by atoms with Gasteiger partial charge in [-0.2, -0.15) is 5.26 Å². The molecular weight excluding hydrogens is 142 g/mol. The van der Waals surface area contributed by atoms with E-state index < -0.39 is 0 Å². The lowest BCUT2D eigenvalue weighted by Gasteiger charge is -1.85. The highest BCUT2D eigenvalue weighted by Crippen LogP contribution is 2.06. The fourth-order valence-electron chi connectivity index (χ4n) is 0.988. The van der Waals surface area contributed by atoms with Crippen LogP contribution >= 0.6 is 0 Å². The first kappa shape index (κ1) is 5.98. The van der Waals surface area contributed by atoms with Crippen molar-refractivity contribution in [2.24, 2.45) is 0 Å². The normalized spacial score (nSPS) is 10.1. The van der Waals surface area contributed by atoms with Crippen molar-refractivity contribution in [3.8, 4) is 6.07 Å². The van der Waals surface area contributed by atoms with Gasteiger partial charge in [0.05, 0.1) is 24.4 Å². The van der Waals surface area contributed by atoms with E-state index in [-0.39, 0.29) is 0 Å². The molecule has 0 bridgehead atoms. The average Bonchev–Trinajstić information content (AvgIpc) is 2.53. The van der Waals surface area contributed by atoms with Crippen molar-refractivity contribution >= 4 is 5.84 Å². The molecule has 0 N–H and O–H groups in total. The average molecular weight is 147 g/mol. The molecule has 0 radical (unpaired) electrons. The van der Waals surface area contributed by atoms with E-state index in [0.29, 0.717) is 12.3 Å². The Morgan fingerprint density at radius 2 is 2.64 bits per heavy atom. The maximum atomic E-state index is 8.41. The third-order valence-corrected chi connectivity index (χ3v) is 1.48. The summed E-state index contributed by atoms with van der Waals surface area (Å²) in [5.74, 6) is 0.537. The zero-order valence-corrected chi connectivity index (χ0v) is 5.69. The zero-order valence-electron chi connectivity index (χ0n) is 5.69. The van der Waals surface area contributed by atoms with Crippen molar-refractivity contribution in [3.63, 3.8) is 0 Å². The number of nitrogens with zero attached hydrogens (tertiary/aromatic N) is 3. The molecule has 0 atom stereocenters. The molecule has 4 nitrogen and oxygen atoms in total. The van der Waals surface area contributed by atoms with Crippen molar-refractivity contribution in [2.45, 2.75) is 6.42 Å². The predicted octanol–water partition coefficient (Wildman–Crippen LogP) is 0.993. The molecule has 2 rings (SSSR count). The van der Waals surface area contributed by atoms with Crippen LogP contribution in [0.5, 0.6) is 0 Å². The van der Waals surface area contributed by atoms with Crippen LogP contribution in [0.1, 0.15) is 5.69 Å². The van der Waals surface area contributed by atoms with Crippen LogP contribution in [0.25, 0.3) is 5.84 Å². The third-order valence-electron chi connectivity index (χ3n) is 1.48. The minimum absolute atomic E-state index is 0.362. The van der Waals surface area contributed by atoms with Crippen LogP contribution in [0.4, 0.5) is 0 Å². The van der Waals surface area contributed by atoms with Gasteiger partial charge in [-0.25, -0.2) is 4.98 Å². The quantitative estimate of drug-likeness (QED) is 0.604. The van der Waals surface area contributed by atoms with E-state index in [0.717, 1.165) is 5.69 Å². The number of oxazole rings is 1. The van der Waals surface area contributed by atoms with Gasteiger partial charge in [-0.05, 0) is 0 Å². The lowest BCUT2D eigenvalue weighted by molar-refractivity contribution is 0.595. The summed E-state index contributed by atoms with van der Waals surface area (Å²) in [7, 11) is 0. The van der Waals surface area contributed by atoms with Crippen molar-refractivity contribution in [1.82, 2.24) is 9.38 Å². The largest absolute Gasteiger partial charge is 0.432 e. The Hall–Kier alpha value is -1.76. The second-order valence-corrected chi connectivity index (χ2v) is 2.14. The van der Waals surface area contributed by atoms with Gasteiger partial charge in [0.25, 0.3) is 0 Å². The van der Waals surface area contributed by atoms with Gasteiger partial charge in [-0.15, -0.1) is 0 Å². The molecule has 0 aromatic carbocycles. The first-order valence-corrected chi connectivity index (χ1v) is 3.18. The molecule has 0 unspecified atom stereocenters. The molecule has 2 heterocycles. The van der Waals surface area contributed by atoms with E-state index in [1.807, 2.05) is 6.07 Å². The SMILES string of the molecule is N#CCc1cnc2occn12. The highest BCUT2D eigenvalue weighted by molar-refractivity contribution is 5.27. The van der Waals surface area contributed by atoms with Crippen molar-refractivity contribution in [3.05, 3.63) is 24.4 Å². The fourth-order valence-corrected chi connectivity index (χ4v) is 0.988. The van der Waals surface area contributed by atoms with Crippen molar-refractivity contribution < 1.29 is 4.42 Å². The second-order valence-electron chi connectivity index (χ2n) is 2.14. The van der Waals surface area contributed by atoms with Gasteiger partial charge in [-0.3, -0.25) is 4.40 Å². The van der Waals surface area contributed by atoms with Gasteiger partial charge in [0.2, 0.25) is 0 Å². The third kappa shape index (κ3) is 0.783. The van der Waals surface area contributed by atoms with Gasteiger partial charge in [0.15, 0.2) is 0 Å². The molecule has 4 heteroatoms. The van der Waals surface area contributed by atoms with Crippen molar-refractivity contribution in [2.75, 3.05) is 0 Å². The summed E-state index contributed by atoms with van der Waals surface area (Å²) >= 11 is 0. The number of hydrogen-bond acceptors (Lipinski definition) is 3. The Morgan fingerprint density at radius 3 is 3.45 bits per heavy atom. The number of imidazole rings is 1. The molecule has 0 aliphatic carbocycles. The molecular formula is C7H5N3O. The Labute approximate surface area is 62.7 Å². The molecule has 0 fully saturated rings. The Kier molecular flexibility index (Phi) is 1.16. The van der Waals surface area contributed by atoms with Crippen LogP contribution in [0, 0.1) is 11.3 Å². The molecule has 0 amide bonds. The van der Waals surface area contributed by atoms with Gasteiger partial charge in [0.1, 0.15) is 6.26 Å². The highest BCUT2D eigenvalue weighted by Gasteiger charge is 2.02. The monoisotopic (exact) mass is 147 g/mol. The number of rotatable bonds is 1. The maximum Gasteiger partial charge on any atom is 0.305 e. The van der Waals surface area contributed by atoms with E-state index in [2.05, 4.69) is 4.98 Å². The number of fused-ring (bicyclic) bond motifs is 1. The summed E-state index contributed by atoms with van der Waals surface area (Å²) in [6, 6.07) is 2.05. The van der Waals surface area contributed by atoms with Crippen LogP contribution in [-0.4, -0.2) is 9.38 Å². The molecule has 2 aromatic heterocycles. The summed E-state index contributed by atoms with van der Waals surface area (Å²) in [5.41, 5.74) is 0.858. The molecule has 0 spiro atoms. The van der Waals surface area contributed by atoms with Crippen LogP contribution < -0.4 is 0 Å². The Morgan fingerprint density at radius 1 is 1.73 bits per heavy atom. The summed E-state index contributed by atoms with van der Waals surface area (Å²) < 4.78 is 6.74. The zero-order chi connectivity index (χ0) is 7.68. The van der Waals surface area contributed by atoms with Crippen LogP contribution in [-0.2, 0) is 6.42 Å². The van der Waals surface area contributed by atoms with Crippen LogP contribution in [0.2, 0.25) is 0 Å². The van der Waals surface area contributed by atoms with Gasteiger partial charge >= 0.3 is 5.84 Å². The first-order chi connectivity index (χ1) is 5.42. The summed E-state index contributed by atoms with van der Waals surface area (Å²) in [6.45, 7) is 0. The van der Waals surface area contributed by atoms with Crippen LogP contribution in [0.3, 0.4) is 0 Å². The van der Waals surface area contributed by atoms with E-state index >= 15 is 0 Å². The van der Waals surface area contributed by atoms with E-state index in [1.165, 1.54) is 0 Å². The van der Waals surface area contributed by atoms with Gasteiger partial charge < -0.3 is 4.42 Å². The van der Waals surface area contributed by atoms with E-state index in [9.17, 15) is 0 Å². The fraction of sp³-hybridized carbons (Fsp3) is 0.143. The molecule has 54 valence electrons. The number of aromatic nitrogens is 2. The lowest BCUT2D eigenvalue weighted by Crippen LogP contribution is -1.85. The number of nitriles is 1. The van der Waals surface area contributed by atoms with Crippen molar-refractivity contribution in [1.29, 1.82) is 5.26 Å². The molecule has 0 saturated heterocycles. The standard InChI is InChI=1S/C7H5N3O/c8-2-1-6-5-9-7-10(6)3-4-11-7/h3-5H,1H2. The molecule has 0 aliphatic rings. The van der Waals surface area contributed by atoms with E-state index in [1.54, 1.807) is 23.1 Å². The smallest absolute Gasteiger partial charge is 0.305 e. The number of hydrogen-bond donors (Lipinski definition) is 0. The van der Waals surface area contributed by atoms with Crippen LogP contribution in [0.15, 0.2) is 23.1 Å². The maximum absolute atomic E-state index is 8.41. The van der Waals surface area contributed by atoms with E-state index in [4.69, 9.17) is 9.68 Å². The molecule has 2 aromatic rings. The predicted molar refractivity (Wildman–Crippen MR) is 36.8 cm³/mol. The summed E-state index contributed by atoms with van der Waals surface area (Å²) in [6.07, 6.45) is 5.29. The summed E-state index contributed by atoms with van der Waals surface area (Å²) in [5, 5.41) is 8.41. The topological polar surface area (TPSA) is 54.2 Å². The lowest BCUT2D eigenvalue weighted by atomic mass is 10.4. The molecule has 0 aliphatic heterocycles. The first-order valence-electron chi connectivity index (χ1n) is 3.18. The Bertz CT molecular complexity index is 406. The highest BCUT2D eigenvalue weighted by atomic mass is 16.3.